The first-order valence-corrected chi connectivity index (χ1v) is 8.11. The number of nitro groups is 1. The number of hydrogen-bond donors (Lipinski definition) is 0. The van der Waals surface area contributed by atoms with Crippen LogP contribution in [0.1, 0.15) is 12.7 Å². The first-order valence-electron chi connectivity index (χ1n) is 8.11. The van der Waals surface area contributed by atoms with Crippen molar-refractivity contribution in [3.8, 4) is 0 Å². The van der Waals surface area contributed by atoms with Gasteiger partial charge in [-0.15, -0.1) is 0 Å². The predicted molar refractivity (Wildman–Crippen MR) is 88.5 cm³/mol. The van der Waals surface area contributed by atoms with Crippen molar-refractivity contribution in [2.24, 2.45) is 5.10 Å². The molecule has 2 unspecified atom stereocenters. The molecule has 3 rings (SSSR count). The third-order valence-electron chi connectivity index (χ3n) is 4.48. The highest BCUT2D eigenvalue weighted by Crippen LogP contribution is 2.17. The van der Waals surface area contributed by atoms with E-state index in [0.717, 1.165) is 19.6 Å². The molecule has 25 heavy (non-hydrogen) atoms. The molecule has 1 amide bonds. The number of ether oxygens (including phenoxy) is 1. The molecule has 0 bridgehead atoms. The quantitative estimate of drug-likeness (QED) is 0.442. The van der Waals surface area contributed by atoms with Gasteiger partial charge in [0.25, 0.3) is 0 Å². The zero-order chi connectivity index (χ0) is 18.0. The molecule has 3 heterocycles. The second-order valence-corrected chi connectivity index (χ2v) is 6.35. The Hall–Kier alpha value is -2.46. The average molecular weight is 351 g/mol. The molecule has 0 saturated carbocycles. The van der Waals surface area contributed by atoms with Gasteiger partial charge in [0.1, 0.15) is 11.0 Å². The minimum atomic E-state index is -0.630. The molecule has 2 aliphatic rings. The van der Waals surface area contributed by atoms with Crippen molar-refractivity contribution in [3.05, 3.63) is 28.0 Å². The Morgan fingerprint density at radius 3 is 2.88 bits per heavy atom. The number of hydrogen-bond acceptors (Lipinski definition) is 8. The molecule has 2 atom stereocenters. The van der Waals surface area contributed by atoms with Crippen molar-refractivity contribution in [1.29, 1.82) is 0 Å². The molecule has 10 heteroatoms. The maximum atomic E-state index is 11.9. The molecule has 136 valence electrons. The van der Waals surface area contributed by atoms with Crippen LogP contribution in [-0.4, -0.2) is 84.0 Å². The summed E-state index contributed by atoms with van der Waals surface area (Å²) in [5, 5.41) is 15.8. The average Bonchev–Trinajstić information content (AvgIpc) is 3.16. The number of likely N-dealkylation sites (N-methyl/N-ethyl adjacent to an activating group) is 1. The van der Waals surface area contributed by atoms with Crippen LogP contribution in [0.3, 0.4) is 0 Å². The highest BCUT2D eigenvalue weighted by atomic mass is 16.6. The summed E-state index contributed by atoms with van der Waals surface area (Å²) in [6.07, 6.45) is 0.504. The molecular formula is C15H21N5O5. The zero-order valence-corrected chi connectivity index (χ0v) is 14.2. The molecule has 1 aromatic heterocycles. The molecule has 2 aliphatic heterocycles. The molecule has 2 fully saturated rings. The van der Waals surface area contributed by atoms with E-state index >= 15 is 0 Å². The third-order valence-corrected chi connectivity index (χ3v) is 4.48. The number of furan rings is 1. The highest BCUT2D eigenvalue weighted by molar-refractivity contribution is 5.78. The Balaban J connectivity index is 1.53. The fourth-order valence-corrected chi connectivity index (χ4v) is 2.91. The fourth-order valence-electron chi connectivity index (χ4n) is 2.91. The van der Waals surface area contributed by atoms with Gasteiger partial charge >= 0.3 is 12.0 Å². The molecule has 2 saturated heterocycles. The van der Waals surface area contributed by atoms with Crippen molar-refractivity contribution >= 4 is 18.2 Å². The lowest BCUT2D eigenvalue weighted by molar-refractivity contribution is -0.402. The van der Waals surface area contributed by atoms with Gasteiger partial charge in [-0.25, -0.2) is 4.79 Å². The maximum absolute atomic E-state index is 11.9. The minimum absolute atomic E-state index is 0.204. The molecule has 0 aromatic carbocycles. The smallest absolute Gasteiger partial charge is 0.433 e. The van der Waals surface area contributed by atoms with Crippen molar-refractivity contribution in [3.63, 3.8) is 0 Å². The van der Waals surface area contributed by atoms with E-state index in [1.165, 1.54) is 23.4 Å². The summed E-state index contributed by atoms with van der Waals surface area (Å²) in [5.74, 6) is -0.164. The molecule has 1 aromatic rings. The van der Waals surface area contributed by atoms with Gasteiger partial charge in [-0.05, 0) is 20.0 Å². The van der Waals surface area contributed by atoms with Gasteiger partial charge in [-0.2, -0.15) is 10.1 Å². The van der Waals surface area contributed by atoms with Gasteiger partial charge in [0.05, 0.1) is 18.8 Å². The number of hydrazone groups is 1. The largest absolute Gasteiger partial charge is 0.441 e. The Labute approximate surface area is 144 Å². The summed E-state index contributed by atoms with van der Waals surface area (Å²) in [6.45, 7) is 6.05. The topological polar surface area (TPSA) is 105 Å². The van der Waals surface area contributed by atoms with E-state index in [1.807, 2.05) is 0 Å². The van der Waals surface area contributed by atoms with Crippen LogP contribution in [0.5, 0.6) is 0 Å². The zero-order valence-electron chi connectivity index (χ0n) is 14.2. The summed E-state index contributed by atoms with van der Waals surface area (Å²) in [7, 11) is 2.10. The van der Waals surface area contributed by atoms with E-state index < -0.39 is 11.0 Å². The lowest BCUT2D eigenvalue weighted by Crippen LogP contribution is -2.52. The first-order chi connectivity index (χ1) is 11.9. The molecule has 0 N–H and O–H groups in total. The number of amides is 1. The van der Waals surface area contributed by atoms with Crippen molar-refractivity contribution < 1.29 is 18.9 Å². The van der Waals surface area contributed by atoms with Crippen molar-refractivity contribution in [2.75, 3.05) is 39.8 Å². The lowest BCUT2D eigenvalue weighted by atomic mass is 10.2. The Morgan fingerprint density at radius 1 is 1.40 bits per heavy atom. The van der Waals surface area contributed by atoms with Crippen molar-refractivity contribution in [2.45, 2.75) is 19.1 Å². The maximum Gasteiger partial charge on any atom is 0.433 e. The number of rotatable bonds is 5. The molecule has 10 nitrogen and oxygen atoms in total. The lowest BCUT2D eigenvalue weighted by Gasteiger charge is -2.38. The van der Waals surface area contributed by atoms with Crippen molar-refractivity contribution in [1.82, 2.24) is 14.8 Å². The fraction of sp³-hybridized carbons (Fsp3) is 0.600. The minimum Gasteiger partial charge on any atom is -0.441 e. The van der Waals surface area contributed by atoms with Crippen LogP contribution in [0.15, 0.2) is 21.7 Å². The van der Waals surface area contributed by atoms with Gasteiger partial charge in [0.2, 0.25) is 0 Å². The van der Waals surface area contributed by atoms with Gasteiger partial charge in [0.15, 0.2) is 5.76 Å². The number of carbonyl (C=O) groups is 1. The highest BCUT2D eigenvalue weighted by Gasteiger charge is 2.33. The number of cyclic esters (lactones) is 1. The van der Waals surface area contributed by atoms with Crippen LogP contribution in [-0.2, 0) is 4.74 Å². The Bertz CT molecular complexity index is 675. The second kappa shape index (κ2) is 7.19. The molecule has 0 spiro atoms. The summed E-state index contributed by atoms with van der Waals surface area (Å²) in [6, 6.07) is 3.13. The van der Waals surface area contributed by atoms with E-state index in [-0.39, 0.29) is 17.7 Å². The van der Waals surface area contributed by atoms with Crippen LogP contribution in [0.25, 0.3) is 0 Å². The SMILES string of the molecule is CC1CN(CC2CN(N=Cc3ccc([N+](=O)[O-])o3)C(=O)O2)CCN1C. The van der Waals surface area contributed by atoms with Gasteiger partial charge in [-0.1, -0.05) is 0 Å². The van der Waals surface area contributed by atoms with Crippen LogP contribution in [0, 0.1) is 10.1 Å². The summed E-state index contributed by atoms with van der Waals surface area (Å²) in [5.41, 5.74) is 0. The van der Waals surface area contributed by atoms with E-state index in [2.05, 4.69) is 28.9 Å². The number of nitrogens with zero attached hydrogens (tertiary/aromatic N) is 5. The van der Waals surface area contributed by atoms with E-state index in [1.54, 1.807) is 0 Å². The molecular weight excluding hydrogens is 330 g/mol. The van der Waals surface area contributed by atoms with E-state index in [4.69, 9.17) is 9.15 Å². The predicted octanol–water partition coefficient (Wildman–Crippen LogP) is 0.978. The standard InChI is InChI=1S/C15H21N5O5/c1-11-8-18(6-5-17(11)2)9-13-10-19(15(21)25-13)16-7-12-3-4-14(24-12)20(22)23/h3-4,7,11,13H,5-6,8-10H2,1-2H3. The molecule has 0 aliphatic carbocycles. The number of carbonyl (C=O) groups excluding carboxylic acids is 1. The summed E-state index contributed by atoms with van der Waals surface area (Å²) < 4.78 is 10.3. The normalized spacial score (nSPS) is 25.7. The van der Waals surface area contributed by atoms with Crippen LogP contribution in [0.2, 0.25) is 0 Å². The van der Waals surface area contributed by atoms with E-state index in [9.17, 15) is 14.9 Å². The van der Waals surface area contributed by atoms with Crippen LogP contribution >= 0.6 is 0 Å². The summed E-state index contributed by atoms with van der Waals surface area (Å²) in [4.78, 5) is 26.4. The molecule has 0 radical (unpaired) electrons. The van der Waals surface area contributed by atoms with Gasteiger partial charge in [0, 0.05) is 32.2 Å². The van der Waals surface area contributed by atoms with Gasteiger partial charge in [-0.3, -0.25) is 15.0 Å². The summed E-state index contributed by atoms with van der Waals surface area (Å²) >= 11 is 0. The Morgan fingerprint density at radius 2 is 2.20 bits per heavy atom. The van der Waals surface area contributed by atoms with Gasteiger partial charge < -0.3 is 14.1 Å². The van der Waals surface area contributed by atoms with Crippen LogP contribution < -0.4 is 0 Å². The first kappa shape index (κ1) is 17.4. The third kappa shape index (κ3) is 4.15. The Kier molecular flexibility index (Phi) is 5.00. The van der Waals surface area contributed by atoms with Crippen LogP contribution in [0.4, 0.5) is 10.7 Å². The second-order valence-electron chi connectivity index (χ2n) is 6.35. The number of piperazine rings is 1. The monoisotopic (exact) mass is 351 g/mol. The van der Waals surface area contributed by atoms with E-state index in [0.29, 0.717) is 19.1 Å².